The van der Waals surface area contributed by atoms with Crippen molar-refractivity contribution in [2.75, 3.05) is 24.6 Å². The van der Waals surface area contributed by atoms with Crippen LogP contribution in [0.1, 0.15) is 27.2 Å². The molecular formula is C11H24N2O2S2. The predicted octanol–water partition coefficient (Wildman–Crippen LogP) is 1.05. The number of hydrogen-bond donors (Lipinski definition) is 2. The van der Waals surface area contributed by atoms with E-state index < -0.39 is 10.0 Å². The summed E-state index contributed by atoms with van der Waals surface area (Å²) in [7, 11) is -3.17. The summed E-state index contributed by atoms with van der Waals surface area (Å²) >= 11 is 1.91. The van der Waals surface area contributed by atoms with Gasteiger partial charge in [0.1, 0.15) is 0 Å². The first-order valence-electron chi connectivity index (χ1n) is 6.21. The molecule has 1 rings (SSSR count). The van der Waals surface area contributed by atoms with E-state index in [-0.39, 0.29) is 5.25 Å². The quantitative estimate of drug-likeness (QED) is 0.732. The molecule has 1 aliphatic rings. The second kappa shape index (κ2) is 6.97. The van der Waals surface area contributed by atoms with E-state index in [1.165, 1.54) is 0 Å². The molecule has 2 atom stereocenters. The second-order valence-corrected chi connectivity index (χ2v) is 8.33. The van der Waals surface area contributed by atoms with Crippen LogP contribution < -0.4 is 10.0 Å². The smallest absolute Gasteiger partial charge is 0.215 e. The van der Waals surface area contributed by atoms with Crippen molar-refractivity contribution in [1.82, 2.24) is 10.0 Å². The van der Waals surface area contributed by atoms with Crippen molar-refractivity contribution in [3.63, 3.8) is 0 Å². The van der Waals surface area contributed by atoms with Crippen LogP contribution in [0.15, 0.2) is 0 Å². The van der Waals surface area contributed by atoms with Crippen LogP contribution in [0.2, 0.25) is 0 Å². The van der Waals surface area contributed by atoms with Gasteiger partial charge in [0.15, 0.2) is 0 Å². The zero-order chi connectivity index (χ0) is 12.9. The molecule has 102 valence electrons. The lowest BCUT2D eigenvalue weighted by atomic mass is 10.1. The van der Waals surface area contributed by atoms with Crippen molar-refractivity contribution in [3.05, 3.63) is 0 Å². The Kier molecular flexibility index (Phi) is 6.26. The summed E-state index contributed by atoms with van der Waals surface area (Å²) in [6, 6.07) is 0.318. The van der Waals surface area contributed by atoms with Crippen LogP contribution >= 0.6 is 11.8 Å². The molecule has 0 amide bonds. The number of hydrogen-bond acceptors (Lipinski definition) is 4. The first-order chi connectivity index (χ1) is 7.92. The lowest BCUT2D eigenvalue weighted by Gasteiger charge is -2.17. The van der Waals surface area contributed by atoms with Gasteiger partial charge in [-0.05, 0) is 30.8 Å². The molecule has 1 aliphatic heterocycles. The number of thioether (sulfide) groups is 1. The molecule has 1 saturated heterocycles. The van der Waals surface area contributed by atoms with Crippen LogP contribution in [0.5, 0.6) is 0 Å². The van der Waals surface area contributed by atoms with E-state index in [0.717, 1.165) is 17.9 Å². The molecular weight excluding hydrogens is 256 g/mol. The molecule has 0 bridgehead atoms. The molecule has 0 spiro atoms. The van der Waals surface area contributed by atoms with Crippen molar-refractivity contribution < 1.29 is 8.42 Å². The fraction of sp³-hybridized carbons (Fsp3) is 1.00. The van der Waals surface area contributed by atoms with Crippen LogP contribution in [0.3, 0.4) is 0 Å². The van der Waals surface area contributed by atoms with Gasteiger partial charge >= 0.3 is 0 Å². The minimum absolute atomic E-state index is 0.318. The molecule has 1 fully saturated rings. The van der Waals surface area contributed by atoms with Crippen molar-refractivity contribution >= 4 is 21.8 Å². The molecule has 0 aromatic rings. The zero-order valence-corrected chi connectivity index (χ0v) is 12.5. The Labute approximate surface area is 109 Å². The van der Waals surface area contributed by atoms with Crippen molar-refractivity contribution in [1.29, 1.82) is 0 Å². The van der Waals surface area contributed by atoms with E-state index in [1.54, 1.807) is 6.92 Å². The predicted molar refractivity (Wildman–Crippen MR) is 75.0 cm³/mol. The van der Waals surface area contributed by atoms with Crippen LogP contribution in [0.4, 0.5) is 0 Å². The van der Waals surface area contributed by atoms with Crippen molar-refractivity contribution in [2.45, 2.75) is 38.5 Å². The minimum atomic E-state index is -3.17. The molecule has 17 heavy (non-hydrogen) atoms. The van der Waals surface area contributed by atoms with E-state index in [1.807, 2.05) is 25.6 Å². The number of rotatable bonds is 7. The first-order valence-corrected chi connectivity index (χ1v) is 8.91. The highest BCUT2D eigenvalue weighted by molar-refractivity contribution is 7.99. The highest BCUT2D eigenvalue weighted by Gasteiger charge is 2.23. The maximum atomic E-state index is 11.9. The molecule has 0 radical (unpaired) electrons. The molecule has 2 N–H and O–H groups in total. The minimum Gasteiger partial charge on any atom is -0.313 e. The summed E-state index contributed by atoms with van der Waals surface area (Å²) in [6.07, 6.45) is 1.13. The molecule has 0 aromatic carbocycles. The maximum absolute atomic E-state index is 11.9. The monoisotopic (exact) mass is 280 g/mol. The van der Waals surface area contributed by atoms with Crippen LogP contribution in [-0.2, 0) is 10.0 Å². The summed E-state index contributed by atoms with van der Waals surface area (Å²) in [5.74, 6) is 2.76. The van der Waals surface area contributed by atoms with E-state index in [9.17, 15) is 8.42 Å². The Morgan fingerprint density at radius 2 is 2.06 bits per heavy atom. The Bertz CT molecular complexity index is 311. The summed E-state index contributed by atoms with van der Waals surface area (Å²) in [5.41, 5.74) is 0. The third-order valence-corrected chi connectivity index (χ3v) is 5.97. The SMILES string of the molecule is CC(C)NCC(C)S(=O)(=O)NCC1CCSC1. The molecule has 0 aromatic heterocycles. The summed E-state index contributed by atoms with van der Waals surface area (Å²) in [5, 5.41) is 2.78. The van der Waals surface area contributed by atoms with Gasteiger partial charge in [0.25, 0.3) is 0 Å². The third kappa shape index (κ3) is 5.59. The summed E-state index contributed by atoms with van der Waals surface area (Å²) < 4.78 is 26.6. The Hall–Kier alpha value is 0.220. The first kappa shape index (κ1) is 15.3. The van der Waals surface area contributed by atoms with Gasteiger partial charge in [0.05, 0.1) is 5.25 Å². The van der Waals surface area contributed by atoms with Gasteiger partial charge in [-0.25, -0.2) is 13.1 Å². The highest BCUT2D eigenvalue weighted by atomic mass is 32.2. The Balaban J connectivity index is 2.33. The van der Waals surface area contributed by atoms with E-state index in [0.29, 0.717) is 25.0 Å². The number of sulfonamides is 1. The van der Waals surface area contributed by atoms with Gasteiger partial charge in [0.2, 0.25) is 10.0 Å². The van der Waals surface area contributed by atoms with Gasteiger partial charge in [-0.1, -0.05) is 13.8 Å². The lowest BCUT2D eigenvalue weighted by molar-refractivity contribution is 0.522. The van der Waals surface area contributed by atoms with Gasteiger partial charge in [-0.15, -0.1) is 0 Å². The third-order valence-electron chi connectivity index (χ3n) is 2.94. The van der Waals surface area contributed by atoms with Crippen LogP contribution in [-0.4, -0.2) is 44.3 Å². The van der Waals surface area contributed by atoms with Crippen molar-refractivity contribution in [3.8, 4) is 0 Å². The van der Waals surface area contributed by atoms with E-state index in [2.05, 4.69) is 10.0 Å². The van der Waals surface area contributed by atoms with E-state index >= 15 is 0 Å². The second-order valence-electron chi connectivity index (χ2n) is 5.00. The topological polar surface area (TPSA) is 58.2 Å². The van der Waals surface area contributed by atoms with Gasteiger partial charge in [-0.2, -0.15) is 11.8 Å². The standard InChI is InChI=1S/C11H24N2O2S2/c1-9(2)12-6-10(3)17(14,15)13-7-11-4-5-16-8-11/h9-13H,4-8H2,1-3H3. The van der Waals surface area contributed by atoms with Gasteiger partial charge in [0, 0.05) is 19.1 Å². The fourth-order valence-corrected chi connectivity index (χ4v) is 3.98. The van der Waals surface area contributed by atoms with Gasteiger partial charge < -0.3 is 5.32 Å². The van der Waals surface area contributed by atoms with E-state index in [4.69, 9.17) is 0 Å². The van der Waals surface area contributed by atoms with Gasteiger partial charge in [-0.3, -0.25) is 0 Å². The Morgan fingerprint density at radius 1 is 1.35 bits per heavy atom. The van der Waals surface area contributed by atoms with Crippen LogP contribution in [0.25, 0.3) is 0 Å². The molecule has 2 unspecified atom stereocenters. The average molecular weight is 280 g/mol. The molecule has 0 aliphatic carbocycles. The summed E-state index contributed by atoms with van der Waals surface area (Å²) in [4.78, 5) is 0. The maximum Gasteiger partial charge on any atom is 0.215 e. The van der Waals surface area contributed by atoms with Crippen molar-refractivity contribution in [2.24, 2.45) is 5.92 Å². The summed E-state index contributed by atoms with van der Waals surface area (Å²) in [6.45, 7) is 6.89. The molecule has 1 heterocycles. The normalized spacial score (nSPS) is 23.2. The Morgan fingerprint density at radius 3 is 2.59 bits per heavy atom. The zero-order valence-electron chi connectivity index (χ0n) is 10.9. The fourth-order valence-electron chi connectivity index (χ4n) is 1.63. The average Bonchev–Trinajstić information content (AvgIpc) is 2.75. The largest absolute Gasteiger partial charge is 0.313 e. The number of nitrogens with one attached hydrogen (secondary N) is 2. The molecule has 4 nitrogen and oxygen atoms in total. The highest BCUT2D eigenvalue weighted by Crippen LogP contribution is 2.22. The molecule has 0 saturated carbocycles. The molecule has 6 heteroatoms. The lowest BCUT2D eigenvalue weighted by Crippen LogP contribution is -2.42. The van der Waals surface area contributed by atoms with Crippen LogP contribution in [0, 0.1) is 5.92 Å².